The summed E-state index contributed by atoms with van der Waals surface area (Å²) in [7, 11) is 0. The molecule has 0 aromatic heterocycles. The highest BCUT2D eigenvalue weighted by molar-refractivity contribution is 9.10. The number of thiocyanates is 1. The van der Waals surface area contributed by atoms with Crippen LogP contribution in [0.25, 0.3) is 0 Å². The Balaban J connectivity index is 3.16. The number of halogens is 2. The van der Waals surface area contributed by atoms with Gasteiger partial charge in [-0.25, -0.2) is 4.39 Å². The minimum absolute atomic E-state index is 0.171. The fraction of sp³-hybridized carbons (Fsp3) is 0. The number of phenolic OH excluding ortho intramolecular Hbond substituents is 1. The molecule has 5 heteroatoms. The molecule has 62 valence electrons. The van der Waals surface area contributed by atoms with Crippen molar-refractivity contribution >= 4 is 27.7 Å². The van der Waals surface area contributed by atoms with Gasteiger partial charge in [-0.05, 0) is 33.8 Å². The zero-order valence-electron chi connectivity index (χ0n) is 5.71. The van der Waals surface area contributed by atoms with E-state index in [1.807, 2.05) is 0 Å². The topological polar surface area (TPSA) is 44.0 Å². The van der Waals surface area contributed by atoms with Crippen LogP contribution in [0.3, 0.4) is 0 Å². The van der Waals surface area contributed by atoms with Crippen LogP contribution in [0.15, 0.2) is 21.5 Å². The summed E-state index contributed by atoms with van der Waals surface area (Å²) in [6.07, 6.45) is 0. The van der Waals surface area contributed by atoms with Crippen molar-refractivity contribution in [3.05, 3.63) is 22.4 Å². The minimum atomic E-state index is -0.595. The molecular formula is C7H3BrFNOS. The van der Waals surface area contributed by atoms with Crippen molar-refractivity contribution in [1.82, 2.24) is 0 Å². The van der Waals surface area contributed by atoms with Crippen molar-refractivity contribution in [2.24, 2.45) is 0 Å². The smallest absolute Gasteiger partial charge is 0.141 e. The van der Waals surface area contributed by atoms with Crippen LogP contribution in [0.2, 0.25) is 0 Å². The summed E-state index contributed by atoms with van der Waals surface area (Å²) in [5.74, 6) is -0.767. The van der Waals surface area contributed by atoms with Crippen molar-refractivity contribution in [3.63, 3.8) is 0 Å². The molecule has 0 amide bonds. The Bertz CT molecular complexity index is 350. The third-order valence-electron chi connectivity index (χ3n) is 1.16. The summed E-state index contributed by atoms with van der Waals surface area (Å²) in [6, 6.07) is 2.32. The van der Waals surface area contributed by atoms with Crippen LogP contribution in [-0.4, -0.2) is 5.11 Å². The highest BCUT2D eigenvalue weighted by Gasteiger charge is 2.07. The highest BCUT2D eigenvalue weighted by atomic mass is 79.9. The minimum Gasteiger partial charge on any atom is -0.507 e. The van der Waals surface area contributed by atoms with Gasteiger partial charge in [0.15, 0.2) is 0 Å². The fourth-order valence-electron chi connectivity index (χ4n) is 0.645. The molecule has 0 saturated heterocycles. The molecule has 1 aromatic carbocycles. The van der Waals surface area contributed by atoms with Gasteiger partial charge in [-0.15, -0.1) is 0 Å². The molecule has 2 nitrogen and oxygen atoms in total. The first-order valence-corrected chi connectivity index (χ1v) is 4.50. The number of nitrogens with zero attached hydrogens (tertiary/aromatic N) is 1. The van der Waals surface area contributed by atoms with Crippen molar-refractivity contribution in [3.8, 4) is 11.2 Å². The Morgan fingerprint density at radius 1 is 1.58 bits per heavy atom. The SMILES string of the molecule is N#CSc1cc(Br)c(O)cc1F. The van der Waals surface area contributed by atoms with Crippen molar-refractivity contribution < 1.29 is 9.50 Å². The molecule has 0 bridgehead atoms. The number of aromatic hydroxyl groups is 1. The Hall–Kier alpha value is -0.730. The fourth-order valence-corrected chi connectivity index (χ4v) is 1.57. The molecule has 1 aromatic rings. The van der Waals surface area contributed by atoms with Gasteiger partial charge in [0, 0.05) is 6.07 Å². The van der Waals surface area contributed by atoms with Crippen molar-refractivity contribution in [1.29, 1.82) is 5.26 Å². The van der Waals surface area contributed by atoms with Crippen LogP contribution < -0.4 is 0 Å². The number of nitriles is 1. The van der Waals surface area contributed by atoms with Gasteiger partial charge in [0.05, 0.1) is 9.37 Å². The second kappa shape index (κ2) is 3.78. The number of rotatable bonds is 1. The first-order valence-electron chi connectivity index (χ1n) is 2.89. The lowest BCUT2D eigenvalue weighted by atomic mass is 10.3. The molecule has 0 fully saturated rings. The standard InChI is InChI=1S/C7H3BrFNOS/c8-4-1-7(12-3-10)5(9)2-6(4)11/h1-2,11H. The molecule has 0 spiro atoms. The molecule has 1 rings (SSSR count). The maximum atomic E-state index is 12.9. The molecule has 0 aliphatic rings. The monoisotopic (exact) mass is 247 g/mol. The van der Waals surface area contributed by atoms with E-state index in [4.69, 9.17) is 10.4 Å². The van der Waals surface area contributed by atoms with E-state index in [-0.39, 0.29) is 10.6 Å². The van der Waals surface area contributed by atoms with Gasteiger partial charge in [-0.1, -0.05) is 0 Å². The third-order valence-corrected chi connectivity index (χ3v) is 2.42. The molecule has 0 aliphatic heterocycles. The molecule has 0 heterocycles. The van der Waals surface area contributed by atoms with Gasteiger partial charge in [-0.3, -0.25) is 0 Å². The summed E-state index contributed by atoms with van der Waals surface area (Å²) >= 11 is 3.72. The van der Waals surface area contributed by atoms with Gasteiger partial charge in [-0.2, -0.15) is 5.26 Å². The maximum Gasteiger partial charge on any atom is 0.141 e. The number of phenols is 1. The van der Waals surface area contributed by atoms with Crippen molar-refractivity contribution in [2.45, 2.75) is 4.90 Å². The average Bonchev–Trinajstić information content (AvgIpc) is 2.01. The molecule has 12 heavy (non-hydrogen) atoms. The Morgan fingerprint density at radius 3 is 2.83 bits per heavy atom. The number of thioether (sulfide) groups is 1. The maximum absolute atomic E-state index is 12.9. The molecule has 1 N–H and O–H groups in total. The van der Waals surface area contributed by atoms with Crippen LogP contribution in [0.1, 0.15) is 0 Å². The highest BCUT2D eigenvalue weighted by Crippen LogP contribution is 2.31. The van der Waals surface area contributed by atoms with Crippen molar-refractivity contribution in [2.75, 3.05) is 0 Å². The molecule has 0 aliphatic carbocycles. The van der Waals surface area contributed by atoms with Gasteiger partial charge >= 0.3 is 0 Å². The van der Waals surface area contributed by atoms with Gasteiger partial charge < -0.3 is 5.11 Å². The summed E-state index contributed by atoms with van der Waals surface area (Å²) in [5, 5.41) is 19.0. The zero-order valence-corrected chi connectivity index (χ0v) is 8.12. The van der Waals surface area contributed by atoms with Gasteiger partial charge in [0.1, 0.15) is 17.0 Å². The average molecular weight is 248 g/mol. The molecular weight excluding hydrogens is 245 g/mol. The predicted molar refractivity (Wildman–Crippen MR) is 47.2 cm³/mol. The second-order valence-corrected chi connectivity index (χ2v) is 3.61. The van der Waals surface area contributed by atoms with E-state index in [0.29, 0.717) is 16.2 Å². The van der Waals surface area contributed by atoms with E-state index < -0.39 is 5.82 Å². The zero-order chi connectivity index (χ0) is 9.14. The Labute approximate surface area is 81.1 Å². The normalized spacial score (nSPS) is 9.42. The van der Waals surface area contributed by atoms with Gasteiger partial charge in [0.25, 0.3) is 0 Å². The lowest BCUT2D eigenvalue weighted by Gasteiger charge is -1.99. The molecule has 0 radical (unpaired) electrons. The Kier molecular flexibility index (Phi) is 2.95. The lowest BCUT2D eigenvalue weighted by molar-refractivity contribution is 0.463. The summed E-state index contributed by atoms with van der Waals surface area (Å²) in [4.78, 5) is 0.196. The van der Waals surface area contributed by atoms with E-state index in [0.717, 1.165) is 6.07 Å². The van der Waals surface area contributed by atoms with Gasteiger partial charge in [0.2, 0.25) is 0 Å². The number of benzene rings is 1. The Morgan fingerprint density at radius 2 is 2.25 bits per heavy atom. The second-order valence-electron chi connectivity index (χ2n) is 1.93. The first kappa shape index (κ1) is 9.36. The number of hydrogen-bond acceptors (Lipinski definition) is 3. The number of hydrogen-bond donors (Lipinski definition) is 1. The predicted octanol–water partition coefficient (Wildman–Crippen LogP) is 2.87. The van der Waals surface area contributed by atoms with E-state index in [2.05, 4.69) is 15.9 Å². The lowest BCUT2D eigenvalue weighted by Crippen LogP contribution is -1.80. The molecule has 0 saturated carbocycles. The summed E-state index contributed by atoms with van der Waals surface area (Å²) in [6.45, 7) is 0. The van der Waals surface area contributed by atoms with Crippen LogP contribution in [0.4, 0.5) is 4.39 Å². The quantitative estimate of drug-likeness (QED) is 0.613. The van der Waals surface area contributed by atoms with Crippen LogP contribution in [-0.2, 0) is 0 Å². The van der Waals surface area contributed by atoms with E-state index in [9.17, 15) is 4.39 Å². The van der Waals surface area contributed by atoms with E-state index in [1.165, 1.54) is 6.07 Å². The summed E-state index contributed by atoms with van der Waals surface area (Å²) < 4.78 is 13.2. The summed E-state index contributed by atoms with van der Waals surface area (Å²) in [5.41, 5.74) is 0. The largest absolute Gasteiger partial charge is 0.507 e. The molecule has 0 atom stereocenters. The first-order chi connectivity index (χ1) is 5.65. The van der Waals surface area contributed by atoms with Crippen LogP contribution >= 0.6 is 27.7 Å². The van der Waals surface area contributed by atoms with E-state index >= 15 is 0 Å². The van der Waals surface area contributed by atoms with Crippen LogP contribution in [0.5, 0.6) is 5.75 Å². The van der Waals surface area contributed by atoms with Crippen LogP contribution in [0, 0.1) is 16.5 Å². The molecule has 0 unspecified atom stereocenters. The van der Waals surface area contributed by atoms with E-state index in [1.54, 1.807) is 5.40 Å². The third kappa shape index (κ3) is 1.90.